The van der Waals surface area contributed by atoms with Gasteiger partial charge in [0.05, 0.1) is 18.3 Å². The number of hydrogen-bond donors (Lipinski definition) is 0. The number of carbonyl (C=O) groups excluding carboxylic acids is 1. The standard InChI is InChI=1S/C20H26FNO3/c1-3-18-17(5-4-11-24-18)20(23)22(2)16-10-12-25-19(13-16)14-6-8-15(21)9-7-14/h6-9,16,19H,3-5,10-13H2,1-2H3/t16-,19+/m0/s1. The molecule has 1 fully saturated rings. The molecule has 2 aliphatic heterocycles. The predicted molar refractivity (Wildman–Crippen MR) is 93.4 cm³/mol. The van der Waals surface area contributed by atoms with Gasteiger partial charge in [0.15, 0.2) is 0 Å². The lowest BCUT2D eigenvalue weighted by Crippen LogP contribution is -2.42. The van der Waals surface area contributed by atoms with Crippen molar-refractivity contribution in [2.75, 3.05) is 20.3 Å². The van der Waals surface area contributed by atoms with Crippen LogP contribution in [0.5, 0.6) is 0 Å². The fourth-order valence-electron chi connectivity index (χ4n) is 3.63. The van der Waals surface area contributed by atoms with Crippen molar-refractivity contribution in [3.05, 3.63) is 47.0 Å². The zero-order valence-electron chi connectivity index (χ0n) is 15.0. The van der Waals surface area contributed by atoms with Gasteiger partial charge in [0.1, 0.15) is 11.6 Å². The third kappa shape index (κ3) is 4.03. The van der Waals surface area contributed by atoms with Crippen LogP contribution < -0.4 is 0 Å². The number of halogens is 1. The van der Waals surface area contributed by atoms with E-state index in [0.717, 1.165) is 49.0 Å². The first-order chi connectivity index (χ1) is 12.1. The Hall–Kier alpha value is -1.88. The van der Waals surface area contributed by atoms with Crippen LogP contribution in [0.15, 0.2) is 35.6 Å². The van der Waals surface area contributed by atoms with Crippen molar-refractivity contribution in [2.45, 2.75) is 51.2 Å². The molecule has 1 saturated heterocycles. The lowest BCUT2D eigenvalue weighted by molar-refractivity contribution is -0.131. The zero-order valence-corrected chi connectivity index (χ0v) is 15.0. The minimum absolute atomic E-state index is 0.0707. The van der Waals surface area contributed by atoms with Gasteiger partial charge >= 0.3 is 0 Å². The van der Waals surface area contributed by atoms with Crippen LogP contribution in [0.4, 0.5) is 4.39 Å². The largest absolute Gasteiger partial charge is 0.497 e. The highest BCUT2D eigenvalue weighted by molar-refractivity contribution is 5.94. The minimum Gasteiger partial charge on any atom is -0.497 e. The Morgan fingerprint density at radius 2 is 2.04 bits per heavy atom. The lowest BCUT2D eigenvalue weighted by Gasteiger charge is -2.36. The van der Waals surface area contributed by atoms with Crippen LogP contribution in [-0.4, -0.2) is 37.1 Å². The van der Waals surface area contributed by atoms with Gasteiger partial charge in [0, 0.05) is 26.1 Å². The highest BCUT2D eigenvalue weighted by Crippen LogP contribution is 2.32. The fourth-order valence-corrected chi connectivity index (χ4v) is 3.63. The topological polar surface area (TPSA) is 38.8 Å². The summed E-state index contributed by atoms with van der Waals surface area (Å²) >= 11 is 0. The first-order valence-corrected chi connectivity index (χ1v) is 9.09. The maximum Gasteiger partial charge on any atom is 0.253 e. The highest BCUT2D eigenvalue weighted by atomic mass is 19.1. The zero-order chi connectivity index (χ0) is 17.8. The number of likely N-dealkylation sites (N-methyl/N-ethyl adjacent to an activating group) is 1. The molecule has 0 saturated carbocycles. The third-order valence-electron chi connectivity index (χ3n) is 5.13. The smallest absolute Gasteiger partial charge is 0.253 e. The molecule has 1 amide bonds. The van der Waals surface area contributed by atoms with Gasteiger partial charge in [-0.3, -0.25) is 4.79 Å². The molecule has 0 spiro atoms. The Balaban J connectivity index is 1.71. The second kappa shape index (κ2) is 8.00. The summed E-state index contributed by atoms with van der Waals surface area (Å²) in [7, 11) is 1.87. The van der Waals surface area contributed by atoms with E-state index in [2.05, 4.69) is 0 Å². The molecule has 136 valence electrons. The van der Waals surface area contributed by atoms with Crippen molar-refractivity contribution < 1.29 is 18.7 Å². The molecule has 2 heterocycles. The minimum atomic E-state index is -0.250. The number of rotatable bonds is 4. The predicted octanol–water partition coefficient (Wildman–Crippen LogP) is 3.98. The van der Waals surface area contributed by atoms with Crippen molar-refractivity contribution in [1.29, 1.82) is 0 Å². The van der Waals surface area contributed by atoms with E-state index in [1.54, 1.807) is 12.1 Å². The second-order valence-electron chi connectivity index (χ2n) is 6.71. The Bertz CT molecular complexity index is 641. The average molecular weight is 347 g/mol. The lowest BCUT2D eigenvalue weighted by atomic mass is 9.95. The van der Waals surface area contributed by atoms with Crippen LogP contribution >= 0.6 is 0 Å². The molecule has 0 aliphatic carbocycles. The molecule has 0 N–H and O–H groups in total. The van der Waals surface area contributed by atoms with Crippen LogP contribution in [0.3, 0.4) is 0 Å². The number of benzene rings is 1. The summed E-state index contributed by atoms with van der Waals surface area (Å²) in [6, 6.07) is 6.54. The van der Waals surface area contributed by atoms with E-state index in [1.807, 2.05) is 18.9 Å². The number of ether oxygens (including phenoxy) is 2. The number of amides is 1. The van der Waals surface area contributed by atoms with Gasteiger partial charge in [-0.05, 0) is 43.4 Å². The van der Waals surface area contributed by atoms with Crippen LogP contribution in [-0.2, 0) is 14.3 Å². The molecule has 0 bridgehead atoms. The van der Waals surface area contributed by atoms with Crippen LogP contribution in [0.2, 0.25) is 0 Å². The molecule has 0 radical (unpaired) electrons. The molecular weight excluding hydrogens is 321 g/mol. The maximum absolute atomic E-state index is 13.1. The second-order valence-corrected chi connectivity index (χ2v) is 6.71. The number of carbonyl (C=O) groups is 1. The van der Waals surface area contributed by atoms with Gasteiger partial charge in [-0.15, -0.1) is 0 Å². The molecule has 2 aliphatic rings. The van der Waals surface area contributed by atoms with Gasteiger partial charge in [0.25, 0.3) is 5.91 Å². The molecule has 0 aromatic heterocycles. The summed E-state index contributed by atoms with van der Waals surface area (Å²) in [5, 5.41) is 0. The summed E-state index contributed by atoms with van der Waals surface area (Å²) in [6.45, 7) is 3.32. The molecule has 4 nitrogen and oxygen atoms in total. The van der Waals surface area contributed by atoms with E-state index in [-0.39, 0.29) is 23.9 Å². The molecule has 25 heavy (non-hydrogen) atoms. The van der Waals surface area contributed by atoms with Crippen molar-refractivity contribution in [2.24, 2.45) is 0 Å². The van der Waals surface area contributed by atoms with Gasteiger partial charge in [-0.1, -0.05) is 19.1 Å². The number of hydrogen-bond acceptors (Lipinski definition) is 3. The number of nitrogens with zero attached hydrogens (tertiary/aromatic N) is 1. The van der Waals surface area contributed by atoms with Crippen LogP contribution in [0.1, 0.15) is 50.7 Å². The molecule has 2 atom stereocenters. The van der Waals surface area contributed by atoms with Crippen molar-refractivity contribution in [3.63, 3.8) is 0 Å². The van der Waals surface area contributed by atoms with E-state index in [1.165, 1.54) is 12.1 Å². The SMILES string of the molecule is CCC1=C(C(=O)N(C)[C@H]2CCO[C@@H](c3ccc(F)cc3)C2)CCCO1. The highest BCUT2D eigenvalue weighted by Gasteiger charge is 2.31. The summed E-state index contributed by atoms with van der Waals surface area (Å²) in [6.07, 6.45) is 3.87. The summed E-state index contributed by atoms with van der Waals surface area (Å²) in [5.41, 5.74) is 1.78. The van der Waals surface area contributed by atoms with E-state index in [9.17, 15) is 9.18 Å². The van der Waals surface area contributed by atoms with Crippen LogP contribution in [0, 0.1) is 5.82 Å². The Labute approximate surface area is 148 Å². The van der Waals surface area contributed by atoms with Crippen LogP contribution in [0.25, 0.3) is 0 Å². The molecule has 1 aromatic rings. The van der Waals surface area contributed by atoms with Gasteiger partial charge in [0.2, 0.25) is 0 Å². The Morgan fingerprint density at radius 1 is 1.28 bits per heavy atom. The quantitative estimate of drug-likeness (QED) is 0.827. The van der Waals surface area contributed by atoms with Crippen molar-refractivity contribution in [3.8, 4) is 0 Å². The molecule has 5 heteroatoms. The first-order valence-electron chi connectivity index (χ1n) is 9.09. The van der Waals surface area contributed by atoms with E-state index < -0.39 is 0 Å². The van der Waals surface area contributed by atoms with Gasteiger partial charge in [-0.2, -0.15) is 0 Å². The van der Waals surface area contributed by atoms with Gasteiger partial charge < -0.3 is 14.4 Å². The normalized spacial score (nSPS) is 24.0. The summed E-state index contributed by atoms with van der Waals surface area (Å²) < 4.78 is 24.7. The average Bonchev–Trinajstić information content (AvgIpc) is 2.67. The molecular formula is C20H26FNO3. The van der Waals surface area contributed by atoms with Crippen molar-refractivity contribution in [1.82, 2.24) is 4.90 Å². The Kier molecular flexibility index (Phi) is 5.74. The molecule has 3 rings (SSSR count). The fraction of sp³-hybridized carbons (Fsp3) is 0.550. The van der Waals surface area contributed by atoms with E-state index >= 15 is 0 Å². The Morgan fingerprint density at radius 3 is 2.76 bits per heavy atom. The van der Waals surface area contributed by atoms with Crippen molar-refractivity contribution >= 4 is 5.91 Å². The number of allylic oxidation sites excluding steroid dienone is 1. The monoisotopic (exact) mass is 347 g/mol. The first kappa shape index (κ1) is 17.9. The summed E-state index contributed by atoms with van der Waals surface area (Å²) in [4.78, 5) is 14.8. The van der Waals surface area contributed by atoms with E-state index in [0.29, 0.717) is 13.2 Å². The van der Waals surface area contributed by atoms with E-state index in [4.69, 9.17) is 9.47 Å². The van der Waals surface area contributed by atoms with Gasteiger partial charge in [-0.25, -0.2) is 4.39 Å². The maximum atomic E-state index is 13.1. The summed E-state index contributed by atoms with van der Waals surface area (Å²) in [5.74, 6) is 0.659. The molecule has 0 unspecified atom stereocenters. The molecule has 1 aromatic carbocycles. The third-order valence-corrected chi connectivity index (χ3v) is 5.13.